The number of hydrogen-bond acceptors (Lipinski definition) is 4. The van der Waals surface area contributed by atoms with Gasteiger partial charge >= 0.3 is 0 Å². The Balaban J connectivity index is 3.17. The smallest absolute Gasteiger partial charge is 0.200 e. The van der Waals surface area contributed by atoms with Gasteiger partial charge in [0.1, 0.15) is 0 Å². The van der Waals surface area contributed by atoms with Gasteiger partial charge in [-0.2, -0.15) is 0 Å². The predicted molar refractivity (Wildman–Crippen MR) is 66.6 cm³/mol. The summed E-state index contributed by atoms with van der Waals surface area (Å²) in [6.45, 7) is 4.84. The second kappa shape index (κ2) is 6.14. The van der Waals surface area contributed by atoms with Gasteiger partial charge < -0.3 is 19.8 Å². The fourth-order valence-corrected chi connectivity index (χ4v) is 2.19. The fraction of sp³-hybridized carbons (Fsp3) is 0.750. The standard InChI is InChI=1S/C12H23N3O2/c1-5-12(6-2,8-13)15-9-14-7-10(15)11(16-3)17-4/h7,9,11H,5-6,8,13H2,1-4H3. The Hall–Kier alpha value is -0.910. The van der Waals surface area contributed by atoms with E-state index in [1.807, 2.05) is 0 Å². The second-order valence-corrected chi connectivity index (χ2v) is 4.13. The van der Waals surface area contributed by atoms with Gasteiger partial charge in [-0.25, -0.2) is 4.98 Å². The van der Waals surface area contributed by atoms with Crippen LogP contribution >= 0.6 is 0 Å². The van der Waals surface area contributed by atoms with Gasteiger partial charge in [-0.3, -0.25) is 0 Å². The summed E-state index contributed by atoms with van der Waals surface area (Å²) >= 11 is 0. The molecule has 1 aromatic rings. The molecule has 17 heavy (non-hydrogen) atoms. The summed E-state index contributed by atoms with van der Waals surface area (Å²) in [5.41, 5.74) is 6.74. The molecule has 0 aliphatic rings. The third-order valence-electron chi connectivity index (χ3n) is 3.54. The van der Waals surface area contributed by atoms with Crippen molar-refractivity contribution in [2.24, 2.45) is 5.73 Å². The van der Waals surface area contributed by atoms with Crippen LogP contribution in [0.25, 0.3) is 0 Å². The average molecular weight is 241 g/mol. The van der Waals surface area contributed by atoms with E-state index in [0.29, 0.717) is 6.54 Å². The molecule has 0 spiro atoms. The van der Waals surface area contributed by atoms with Crippen LogP contribution in [0, 0.1) is 0 Å². The van der Waals surface area contributed by atoms with Gasteiger partial charge in [0.2, 0.25) is 0 Å². The lowest BCUT2D eigenvalue weighted by atomic mass is 9.92. The summed E-state index contributed by atoms with van der Waals surface area (Å²) in [4.78, 5) is 4.20. The first kappa shape index (κ1) is 14.2. The van der Waals surface area contributed by atoms with Crippen LogP contribution < -0.4 is 5.73 Å². The first-order valence-corrected chi connectivity index (χ1v) is 5.97. The highest BCUT2D eigenvalue weighted by molar-refractivity contribution is 5.06. The van der Waals surface area contributed by atoms with Crippen LogP contribution in [0.3, 0.4) is 0 Å². The van der Waals surface area contributed by atoms with E-state index in [9.17, 15) is 0 Å². The van der Waals surface area contributed by atoms with Crippen molar-refractivity contribution in [2.45, 2.75) is 38.5 Å². The number of nitrogens with two attached hydrogens (primary N) is 1. The largest absolute Gasteiger partial charge is 0.350 e. The van der Waals surface area contributed by atoms with Crippen molar-refractivity contribution in [3.05, 3.63) is 18.2 Å². The lowest BCUT2D eigenvalue weighted by Gasteiger charge is -2.34. The normalized spacial score (nSPS) is 12.4. The van der Waals surface area contributed by atoms with Crippen molar-refractivity contribution < 1.29 is 9.47 Å². The number of hydrogen-bond donors (Lipinski definition) is 1. The Morgan fingerprint density at radius 3 is 2.35 bits per heavy atom. The maximum atomic E-state index is 5.94. The van der Waals surface area contributed by atoms with Gasteiger partial charge in [0.15, 0.2) is 6.29 Å². The fourth-order valence-electron chi connectivity index (χ4n) is 2.19. The van der Waals surface area contributed by atoms with Crippen LogP contribution in [0.2, 0.25) is 0 Å². The third-order valence-corrected chi connectivity index (χ3v) is 3.54. The first-order valence-electron chi connectivity index (χ1n) is 5.97. The minimum atomic E-state index is -0.401. The molecule has 0 aromatic carbocycles. The number of imidazole rings is 1. The summed E-state index contributed by atoms with van der Waals surface area (Å²) in [5, 5.41) is 0. The maximum Gasteiger partial charge on any atom is 0.200 e. The van der Waals surface area contributed by atoms with E-state index in [4.69, 9.17) is 15.2 Å². The third kappa shape index (κ3) is 2.51. The Morgan fingerprint density at radius 2 is 1.94 bits per heavy atom. The number of ether oxygens (including phenoxy) is 2. The second-order valence-electron chi connectivity index (χ2n) is 4.13. The molecule has 0 fully saturated rings. The van der Waals surface area contributed by atoms with Gasteiger partial charge in [0, 0.05) is 20.8 Å². The summed E-state index contributed by atoms with van der Waals surface area (Å²) in [6, 6.07) is 0. The van der Waals surface area contributed by atoms with Crippen LogP contribution in [0.5, 0.6) is 0 Å². The number of nitrogens with zero attached hydrogens (tertiary/aromatic N) is 2. The predicted octanol–water partition coefficient (Wildman–Crippen LogP) is 1.65. The van der Waals surface area contributed by atoms with E-state index in [0.717, 1.165) is 18.5 Å². The summed E-state index contributed by atoms with van der Waals surface area (Å²) in [7, 11) is 3.24. The van der Waals surface area contributed by atoms with Crippen LogP contribution in [0.4, 0.5) is 0 Å². The maximum absolute atomic E-state index is 5.94. The Labute approximate surface area is 103 Å². The summed E-state index contributed by atoms with van der Waals surface area (Å²) in [5.74, 6) is 0. The lowest BCUT2D eigenvalue weighted by molar-refractivity contribution is -0.112. The zero-order chi connectivity index (χ0) is 12.9. The Kier molecular flexibility index (Phi) is 5.11. The zero-order valence-electron chi connectivity index (χ0n) is 11.1. The highest BCUT2D eigenvalue weighted by atomic mass is 16.7. The van der Waals surface area contributed by atoms with Crippen molar-refractivity contribution >= 4 is 0 Å². The van der Waals surface area contributed by atoms with Gasteiger partial charge in [-0.15, -0.1) is 0 Å². The van der Waals surface area contributed by atoms with Gasteiger partial charge in [-0.1, -0.05) is 13.8 Å². The average Bonchev–Trinajstić information content (AvgIpc) is 2.84. The van der Waals surface area contributed by atoms with Crippen LogP contribution in [-0.4, -0.2) is 30.3 Å². The van der Waals surface area contributed by atoms with Crippen molar-refractivity contribution in [1.82, 2.24) is 9.55 Å². The molecule has 1 rings (SSSR count). The highest BCUT2D eigenvalue weighted by Gasteiger charge is 2.30. The molecule has 0 bridgehead atoms. The van der Waals surface area contributed by atoms with Gasteiger partial charge in [0.25, 0.3) is 0 Å². The van der Waals surface area contributed by atoms with Crippen molar-refractivity contribution in [3.8, 4) is 0 Å². The molecule has 0 unspecified atom stereocenters. The Bertz CT molecular complexity index is 322. The van der Waals surface area contributed by atoms with E-state index in [1.54, 1.807) is 26.7 Å². The van der Waals surface area contributed by atoms with E-state index in [2.05, 4.69) is 23.4 Å². The van der Waals surface area contributed by atoms with Crippen LogP contribution in [-0.2, 0) is 15.0 Å². The van der Waals surface area contributed by atoms with E-state index >= 15 is 0 Å². The van der Waals surface area contributed by atoms with Crippen LogP contribution in [0.1, 0.15) is 38.7 Å². The first-order chi connectivity index (χ1) is 8.18. The van der Waals surface area contributed by atoms with Crippen molar-refractivity contribution in [1.29, 1.82) is 0 Å². The van der Waals surface area contributed by atoms with Crippen molar-refractivity contribution in [2.75, 3.05) is 20.8 Å². The lowest BCUT2D eigenvalue weighted by Crippen LogP contribution is -2.41. The molecule has 2 N–H and O–H groups in total. The molecule has 98 valence electrons. The van der Waals surface area contributed by atoms with E-state index in [-0.39, 0.29) is 5.54 Å². The molecule has 0 saturated heterocycles. The van der Waals surface area contributed by atoms with E-state index < -0.39 is 6.29 Å². The molecule has 0 amide bonds. The summed E-state index contributed by atoms with van der Waals surface area (Å²) in [6.07, 6.45) is 5.07. The van der Waals surface area contributed by atoms with E-state index in [1.165, 1.54) is 0 Å². The summed E-state index contributed by atoms with van der Waals surface area (Å²) < 4.78 is 12.7. The molecule has 5 heteroatoms. The molecule has 1 aromatic heterocycles. The molecule has 0 atom stereocenters. The van der Waals surface area contributed by atoms with Gasteiger partial charge in [0.05, 0.1) is 23.8 Å². The molecule has 0 saturated carbocycles. The Morgan fingerprint density at radius 1 is 1.35 bits per heavy atom. The molecular weight excluding hydrogens is 218 g/mol. The number of methoxy groups -OCH3 is 2. The molecule has 0 aliphatic carbocycles. The minimum Gasteiger partial charge on any atom is -0.350 e. The molecule has 5 nitrogen and oxygen atoms in total. The number of aromatic nitrogens is 2. The highest BCUT2D eigenvalue weighted by Crippen LogP contribution is 2.29. The quantitative estimate of drug-likeness (QED) is 0.737. The minimum absolute atomic E-state index is 0.110. The van der Waals surface area contributed by atoms with Crippen LogP contribution in [0.15, 0.2) is 12.5 Å². The molecular formula is C12H23N3O2. The molecule has 0 aliphatic heterocycles. The number of rotatable bonds is 7. The molecule has 0 radical (unpaired) electrons. The zero-order valence-corrected chi connectivity index (χ0v) is 11.1. The van der Waals surface area contributed by atoms with Gasteiger partial charge in [-0.05, 0) is 12.8 Å². The topological polar surface area (TPSA) is 62.3 Å². The SMILES string of the molecule is CCC(CC)(CN)n1cncc1C(OC)OC. The monoisotopic (exact) mass is 241 g/mol. The van der Waals surface area contributed by atoms with Crippen molar-refractivity contribution in [3.63, 3.8) is 0 Å². The molecule has 1 heterocycles.